The Kier molecular flexibility index (Phi) is 5.52. The molecule has 2 rings (SSSR count). The van der Waals surface area contributed by atoms with Crippen LogP contribution < -0.4 is 9.47 Å². The summed E-state index contributed by atoms with van der Waals surface area (Å²) in [5.41, 5.74) is 2.70. The second-order valence-electron chi connectivity index (χ2n) is 3.82. The molecular weight excluding hydrogens is 262 g/mol. The molecule has 1 N–H and O–H groups in total. The Morgan fingerprint density at radius 1 is 1.25 bits per heavy atom. The van der Waals surface area contributed by atoms with Gasteiger partial charge in [-0.15, -0.1) is 5.10 Å². The molecule has 0 saturated heterocycles. The lowest BCUT2D eigenvalue weighted by atomic mass is 10.2. The summed E-state index contributed by atoms with van der Waals surface area (Å²) in [6.45, 7) is 3.64. The number of aryl methyl sites for hydroxylation is 1. The van der Waals surface area contributed by atoms with Crippen molar-refractivity contribution < 1.29 is 19.4 Å². The number of nitrogens with zero attached hydrogens (tertiary/aromatic N) is 3. The Labute approximate surface area is 116 Å². The minimum absolute atomic E-state index is 0.250. The first-order valence-corrected chi connectivity index (χ1v) is 5.78. The zero-order chi connectivity index (χ0) is 15.1. The maximum Gasteiger partial charge on any atom is 0.290 e. The number of methoxy groups -OCH3 is 2. The van der Waals surface area contributed by atoms with Gasteiger partial charge in [-0.3, -0.25) is 4.79 Å². The summed E-state index contributed by atoms with van der Waals surface area (Å²) < 4.78 is 12.3. The zero-order valence-corrected chi connectivity index (χ0v) is 11.8. The van der Waals surface area contributed by atoms with Gasteiger partial charge in [0, 0.05) is 6.07 Å². The van der Waals surface area contributed by atoms with Gasteiger partial charge < -0.3 is 14.6 Å². The van der Waals surface area contributed by atoms with E-state index in [2.05, 4.69) is 10.3 Å². The van der Waals surface area contributed by atoms with E-state index < -0.39 is 0 Å². The predicted molar refractivity (Wildman–Crippen MR) is 72.6 cm³/mol. The molecule has 0 atom stereocenters. The fraction of sp³-hybridized carbons (Fsp3) is 0.308. The molecule has 1 aromatic carbocycles. The average Bonchev–Trinajstić information content (AvgIpc) is 2.79. The molecule has 0 bridgehead atoms. The van der Waals surface area contributed by atoms with Crippen LogP contribution in [0.1, 0.15) is 11.4 Å². The molecule has 0 radical (unpaired) electrons. The lowest BCUT2D eigenvalue weighted by molar-refractivity contribution is -0.122. The molecule has 7 heteroatoms. The van der Waals surface area contributed by atoms with Gasteiger partial charge in [-0.25, -0.2) is 4.68 Å². The summed E-state index contributed by atoms with van der Waals surface area (Å²) in [7, 11) is 3.26. The van der Waals surface area contributed by atoms with Crippen LogP contribution in [0.25, 0.3) is 5.69 Å². The van der Waals surface area contributed by atoms with Crippen LogP contribution in [0.2, 0.25) is 0 Å². The molecule has 0 unspecified atom stereocenters. The molecule has 0 aliphatic carbocycles. The lowest BCUT2D eigenvalue weighted by Crippen LogP contribution is -2.02. The van der Waals surface area contributed by atoms with E-state index in [9.17, 15) is 0 Å². The summed E-state index contributed by atoms with van der Waals surface area (Å²) in [5, 5.41) is 15.0. The Morgan fingerprint density at radius 3 is 2.35 bits per heavy atom. The number of carbonyl (C=O) groups is 1. The molecular formula is C13H17N3O4. The summed E-state index contributed by atoms with van der Waals surface area (Å²) in [6.07, 6.45) is 0. The molecule has 7 nitrogen and oxygen atoms in total. The first-order valence-electron chi connectivity index (χ1n) is 5.78. The van der Waals surface area contributed by atoms with Gasteiger partial charge in [0.1, 0.15) is 17.2 Å². The van der Waals surface area contributed by atoms with Crippen LogP contribution in [-0.2, 0) is 4.79 Å². The fourth-order valence-electron chi connectivity index (χ4n) is 1.60. The van der Waals surface area contributed by atoms with Crippen molar-refractivity contribution in [3.05, 3.63) is 29.6 Å². The van der Waals surface area contributed by atoms with Crippen molar-refractivity contribution in [2.45, 2.75) is 13.8 Å². The van der Waals surface area contributed by atoms with Gasteiger partial charge >= 0.3 is 0 Å². The normalized spacial score (nSPS) is 9.40. The highest BCUT2D eigenvalue weighted by Gasteiger charge is 2.12. The third-order valence-corrected chi connectivity index (χ3v) is 2.74. The second-order valence-corrected chi connectivity index (χ2v) is 3.82. The van der Waals surface area contributed by atoms with Gasteiger partial charge in [-0.1, -0.05) is 5.21 Å². The van der Waals surface area contributed by atoms with E-state index in [0.29, 0.717) is 0 Å². The average molecular weight is 279 g/mol. The van der Waals surface area contributed by atoms with Gasteiger partial charge in [0.2, 0.25) is 0 Å². The largest absolute Gasteiger partial charge is 0.497 e. The summed E-state index contributed by atoms with van der Waals surface area (Å²) >= 11 is 0. The molecule has 0 amide bonds. The van der Waals surface area contributed by atoms with Gasteiger partial charge in [0.15, 0.2) is 0 Å². The quantitative estimate of drug-likeness (QED) is 0.859. The van der Waals surface area contributed by atoms with Crippen molar-refractivity contribution in [3.8, 4) is 17.2 Å². The lowest BCUT2D eigenvalue weighted by Gasteiger charge is -2.11. The molecule has 0 aliphatic rings. The summed E-state index contributed by atoms with van der Waals surface area (Å²) in [6, 6.07) is 5.58. The first kappa shape index (κ1) is 15.5. The Bertz CT molecular complexity index is 581. The molecule has 20 heavy (non-hydrogen) atoms. The highest BCUT2D eigenvalue weighted by molar-refractivity contribution is 5.51. The number of benzene rings is 1. The minimum Gasteiger partial charge on any atom is -0.497 e. The van der Waals surface area contributed by atoms with E-state index in [-0.39, 0.29) is 6.47 Å². The molecule has 1 heterocycles. The van der Waals surface area contributed by atoms with Gasteiger partial charge in [0.25, 0.3) is 6.47 Å². The third kappa shape index (κ3) is 3.25. The van der Waals surface area contributed by atoms with Crippen LogP contribution >= 0.6 is 0 Å². The van der Waals surface area contributed by atoms with E-state index in [4.69, 9.17) is 19.4 Å². The minimum atomic E-state index is -0.250. The molecule has 0 fully saturated rings. The number of hydrogen-bond acceptors (Lipinski definition) is 5. The van der Waals surface area contributed by atoms with Crippen molar-refractivity contribution in [3.63, 3.8) is 0 Å². The highest BCUT2D eigenvalue weighted by Crippen LogP contribution is 2.28. The number of aromatic nitrogens is 3. The molecule has 108 valence electrons. The van der Waals surface area contributed by atoms with Crippen LogP contribution in [0.3, 0.4) is 0 Å². The molecule has 0 saturated carbocycles. The van der Waals surface area contributed by atoms with E-state index in [0.717, 1.165) is 28.6 Å². The predicted octanol–water partition coefficient (Wildman–Crippen LogP) is 1.60. The maximum atomic E-state index is 8.36. The SMILES string of the molecule is COc1ccc(OC)c(-n2nnc(C)c2C)c1.O=CO. The van der Waals surface area contributed by atoms with Crippen LogP contribution in [0.5, 0.6) is 11.5 Å². The maximum absolute atomic E-state index is 8.36. The fourth-order valence-corrected chi connectivity index (χ4v) is 1.60. The number of carboxylic acid groups (broad SMARTS) is 1. The first-order chi connectivity index (χ1) is 9.58. The second kappa shape index (κ2) is 7.13. The van der Waals surface area contributed by atoms with Crippen LogP contribution in [0.4, 0.5) is 0 Å². The monoisotopic (exact) mass is 279 g/mol. The molecule has 1 aromatic heterocycles. The summed E-state index contributed by atoms with van der Waals surface area (Å²) in [5.74, 6) is 1.49. The summed E-state index contributed by atoms with van der Waals surface area (Å²) in [4.78, 5) is 8.36. The van der Waals surface area contributed by atoms with Gasteiger partial charge in [-0.2, -0.15) is 0 Å². The van der Waals surface area contributed by atoms with Crippen molar-refractivity contribution >= 4 is 6.47 Å². The Morgan fingerprint density at radius 2 is 1.90 bits per heavy atom. The van der Waals surface area contributed by atoms with Crippen molar-refractivity contribution in [2.75, 3.05) is 14.2 Å². The number of rotatable bonds is 3. The van der Waals surface area contributed by atoms with Crippen LogP contribution in [-0.4, -0.2) is 40.8 Å². The van der Waals surface area contributed by atoms with E-state index >= 15 is 0 Å². The molecule has 2 aromatic rings. The Balaban J connectivity index is 0.000000612. The standard InChI is InChI=1S/C12H15N3O2.CH2O2/c1-8-9(2)15(14-13-8)11-7-10(16-3)5-6-12(11)17-4;2-1-3/h5-7H,1-4H3;1H,(H,2,3). The Hall–Kier alpha value is -2.57. The smallest absolute Gasteiger partial charge is 0.290 e. The third-order valence-electron chi connectivity index (χ3n) is 2.74. The molecule has 0 spiro atoms. The van der Waals surface area contributed by atoms with Crippen molar-refractivity contribution in [1.82, 2.24) is 15.0 Å². The highest BCUT2D eigenvalue weighted by atomic mass is 16.5. The van der Waals surface area contributed by atoms with Gasteiger partial charge in [-0.05, 0) is 26.0 Å². The van der Waals surface area contributed by atoms with Crippen LogP contribution in [0, 0.1) is 13.8 Å². The zero-order valence-electron chi connectivity index (χ0n) is 11.8. The van der Waals surface area contributed by atoms with Crippen LogP contribution in [0.15, 0.2) is 18.2 Å². The number of ether oxygens (including phenoxy) is 2. The van der Waals surface area contributed by atoms with E-state index in [1.54, 1.807) is 18.9 Å². The van der Waals surface area contributed by atoms with E-state index in [1.165, 1.54) is 0 Å². The van der Waals surface area contributed by atoms with Crippen molar-refractivity contribution in [2.24, 2.45) is 0 Å². The van der Waals surface area contributed by atoms with Crippen molar-refractivity contribution in [1.29, 1.82) is 0 Å². The topological polar surface area (TPSA) is 86.5 Å². The molecule has 0 aliphatic heterocycles. The number of hydrogen-bond donors (Lipinski definition) is 1. The van der Waals surface area contributed by atoms with E-state index in [1.807, 2.05) is 32.0 Å². The van der Waals surface area contributed by atoms with Gasteiger partial charge in [0.05, 0.1) is 25.6 Å².